The molecule has 0 saturated heterocycles. The Bertz CT molecular complexity index is 706. The maximum atomic E-state index is 11.7. The molecule has 2 rings (SSSR count). The van der Waals surface area contributed by atoms with E-state index in [4.69, 9.17) is 0 Å². The lowest BCUT2D eigenvalue weighted by molar-refractivity contribution is -0.548. The average molecular weight is 225 g/mol. The van der Waals surface area contributed by atoms with E-state index in [-0.39, 0.29) is 15.8 Å². The molecule has 0 atom stereocenters. The van der Waals surface area contributed by atoms with E-state index in [0.717, 1.165) is 4.57 Å². The second-order valence-corrected chi connectivity index (χ2v) is 3.22. The molecule has 0 fully saturated rings. The lowest BCUT2D eigenvalue weighted by Gasteiger charge is -2.00. The van der Waals surface area contributed by atoms with Crippen molar-refractivity contribution in [2.75, 3.05) is 0 Å². The van der Waals surface area contributed by atoms with Gasteiger partial charge in [0, 0.05) is 18.8 Å². The molecule has 0 unspecified atom stereocenters. The Morgan fingerprint density at radius 1 is 1.38 bits per heavy atom. The van der Waals surface area contributed by atoms with Crippen molar-refractivity contribution in [3.63, 3.8) is 0 Å². The molecule has 0 aliphatic rings. The van der Waals surface area contributed by atoms with Crippen molar-refractivity contribution in [1.29, 1.82) is 0 Å². The van der Waals surface area contributed by atoms with Crippen LogP contribution in [0.1, 0.15) is 0 Å². The third-order valence-corrected chi connectivity index (χ3v) is 2.26. The zero-order chi connectivity index (χ0) is 12.0. The Morgan fingerprint density at radius 3 is 2.56 bits per heavy atom. The predicted octanol–water partition coefficient (Wildman–Crippen LogP) is -1.53. The molecule has 0 amide bonds. The van der Waals surface area contributed by atoms with Crippen LogP contribution in [0.25, 0.3) is 11.2 Å². The molecule has 0 N–H and O–H groups in total. The van der Waals surface area contributed by atoms with E-state index in [2.05, 4.69) is 4.98 Å². The van der Waals surface area contributed by atoms with E-state index in [9.17, 15) is 19.7 Å². The number of hydrogen-bond donors (Lipinski definition) is 0. The molecule has 0 saturated carbocycles. The molecule has 9 nitrogen and oxygen atoms in total. The standard InChI is InChI=1S/C7H7N5O4/c1-9-3-8-5-4(9)6(13)11(12(15)16)7(14)10(5)2/h3H,1-2H3. The SMILES string of the molecule is Cn1cnc2c1c(=O)n([N+](=O)[O-])c(=O)n2C. The molecule has 16 heavy (non-hydrogen) atoms. The Kier molecular flexibility index (Phi) is 1.90. The van der Waals surface area contributed by atoms with Gasteiger partial charge in [0.2, 0.25) is 0 Å². The monoisotopic (exact) mass is 225 g/mol. The molecule has 0 bridgehead atoms. The minimum atomic E-state index is -1.04. The highest BCUT2D eigenvalue weighted by Gasteiger charge is 2.20. The summed E-state index contributed by atoms with van der Waals surface area (Å²) in [6.07, 6.45) is 1.32. The molecule has 0 spiro atoms. The molecule has 0 aromatic carbocycles. The van der Waals surface area contributed by atoms with Gasteiger partial charge in [0.15, 0.2) is 16.2 Å². The number of nitrogens with zero attached hydrogens (tertiary/aromatic N) is 5. The van der Waals surface area contributed by atoms with Gasteiger partial charge < -0.3 is 4.57 Å². The highest BCUT2D eigenvalue weighted by Crippen LogP contribution is 2.02. The van der Waals surface area contributed by atoms with Crippen molar-refractivity contribution < 1.29 is 5.03 Å². The summed E-state index contributed by atoms with van der Waals surface area (Å²) in [5, 5.41) is 9.55. The van der Waals surface area contributed by atoms with Crippen molar-refractivity contribution in [3.05, 3.63) is 37.3 Å². The van der Waals surface area contributed by atoms with Gasteiger partial charge in [-0.1, -0.05) is 0 Å². The molecule has 2 aromatic rings. The van der Waals surface area contributed by atoms with Crippen molar-refractivity contribution in [2.45, 2.75) is 0 Å². The first-order valence-corrected chi connectivity index (χ1v) is 4.23. The largest absolute Gasteiger partial charge is 0.393 e. The lowest BCUT2D eigenvalue weighted by atomic mass is 10.5. The van der Waals surface area contributed by atoms with Crippen LogP contribution in [-0.2, 0) is 14.1 Å². The second kappa shape index (κ2) is 3.02. The number of rotatable bonds is 1. The van der Waals surface area contributed by atoms with Crippen LogP contribution in [0.2, 0.25) is 0 Å². The molecular formula is C7H7N5O4. The Morgan fingerprint density at radius 2 is 2.00 bits per heavy atom. The molecule has 0 aliphatic heterocycles. The first kappa shape index (κ1) is 10.1. The predicted molar refractivity (Wildman–Crippen MR) is 52.6 cm³/mol. The molecule has 2 heterocycles. The van der Waals surface area contributed by atoms with Crippen LogP contribution < -0.4 is 11.2 Å². The lowest BCUT2D eigenvalue weighted by Crippen LogP contribution is -2.43. The summed E-state index contributed by atoms with van der Waals surface area (Å²) in [5.74, 6) is 0. The van der Waals surface area contributed by atoms with E-state index in [0.29, 0.717) is 0 Å². The number of hydrogen-bond acceptors (Lipinski definition) is 5. The third-order valence-electron chi connectivity index (χ3n) is 2.26. The molecule has 84 valence electrons. The normalized spacial score (nSPS) is 10.9. The van der Waals surface area contributed by atoms with Crippen LogP contribution in [0.5, 0.6) is 0 Å². The number of aromatic nitrogens is 4. The van der Waals surface area contributed by atoms with Gasteiger partial charge in [-0.2, -0.15) is 0 Å². The highest BCUT2D eigenvalue weighted by molar-refractivity contribution is 5.69. The fraction of sp³-hybridized carbons (Fsp3) is 0.286. The minimum absolute atomic E-state index is 0.0128. The van der Waals surface area contributed by atoms with Gasteiger partial charge in [-0.15, -0.1) is 0 Å². The van der Waals surface area contributed by atoms with Gasteiger partial charge in [-0.25, -0.2) is 19.9 Å². The Balaban J connectivity index is 3.17. The van der Waals surface area contributed by atoms with E-state index in [1.165, 1.54) is 25.0 Å². The van der Waals surface area contributed by atoms with Crippen LogP contribution >= 0.6 is 0 Å². The summed E-state index contributed by atoms with van der Waals surface area (Å²) >= 11 is 0. The van der Waals surface area contributed by atoms with Gasteiger partial charge in [0.25, 0.3) is 0 Å². The summed E-state index contributed by atoms with van der Waals surface area (Å²) in [4.78, 5) is 37.6. The van der Waals surface area contributed by atoms with E-state index >= 15 is 0 Å². The van der Waals surface area contributed by atoms with Crippen LogP contribution in [0.3, 0.4) is 0 Å². The summed E-state index contributed by atoms with van der Waals surface area (Å²) in [6.45, 7) is 0. The second-order valence-electron chi connectivity index (χ2n) is 3.22. The number of fused-ring (bicyclic) bond motifs is 1. The van der Waals surface area contributed by atoms with Crippen LogP contribution in [0.15, 0.2) is 15.9 Å². The third kappa shape index (κ3) is 1.08. The van der Waals surface area contributed by atoms with Crippen molar-refractivity contribution in [1.82, 2.24) is 18.8 Å². The summed E-state index contributed by atoms with van der Waals surface area (Å²) < 4.78 is 2.25. The highest BCUT2D eigenvalue weighted by atomic mass is 16.7. The van der Waals surface area contributed by atoms with Crippen LogP contribution in [-0.4, -0.2) is 23.8 Å². The maximum Gasteiger partial charge on any atom is 0.393 e. The number of nitro groups is 1. The average Bonchev–Trinajstić information content (AvgIpc) is 2.57. The topological polar surface area (TPSA) is 105 Å². The molecule has 0 radical (unpaired) electrons. The van der Waals surface area contributed by atoms with Crippen molar-refractivity contribution >= 4 is 11.2 Å². The van der Waals surface area contributed by atoms with Crippen LogP contribution in [0.4, 0.5) is 0 Å². The molecular weight excluding hydrogens is 218 g/mol. The molecule has 9 heteroatoms. The van der Waals surface area contributed by atoms with Crippen molar-refractivity contribution in [2.24, 2.45) is 14.1 Å². The summed E-state index contributed by atoms with van der Waals surface area (Å²) in [5.41, 5.74) is -1.88. The quantitative estimate of drug-likeness (QED) is 0.432. The van der Waals surface area contributed by atoms with Gasteiger partial charge >= 0.3 is 11.2 Å². The summed E-state index contributed by atoms with van der Waals surface area (Å²) in [6, 6.07) is 0. The van der Waals surface area contributed by atoms with Gasteiger partial charge in [0.1, 0.15) is 0 Å². The zero-order valence-corrected chi connectivity index (χ0v) is 8.45. The van der Waals surface area contributed by atoms with E-state index in [1.54, 1.807) is 0 Å². The number of aryl methyl sites for hydroxylation is 2. The van der Waals surface area contributed by atoms with E-state index < -0.39 is 16.3 Å². The maximum absolute atomic E-state index is 11.7. The zero-order valence-electron chi connectivity index (χ0n) is 8.45. The fourth-order valence-electron chi connectivity index (χ4n) is 1.47. The summed E-state index contributed by atoms with van der Waals surface area (Å²) in [7, 11) is 2.84. The van der Waals surface area contributed by atoms with E-state index in [1.807, 2.05) is 0 Å². The van der Waals surface area contributed by atoms with Gasteiger partial charge in [0.05, 0.1) is 6.33 Å². The van der Waals surface area contributed by atoms with Gasteiger partial charge in [-0.05, 0) is 0 Å². The smallest absolute Gasteiger partial charge is 0.328 e. The van der Waals surface area contributed by atoms with Gasteiger partial charge in [-0.3, -0.25) is 9.36 Å². The molecule has 0 aliphatic carbocycles. The minimum Gasteiger partial charge on any atom is -0.328 e. The Labute approximate surface area is 87.3 Å². The van der Waals surface area contributed by atoms with Crippen LogP contribution in [0, 0.1) is 10.1 Å². The fourth-order valence-corrected chi connectivity index (χ4v) is 1.47. The first-order chi connectivity index (χ1) is 7.45. The number of imidazole rings is 1. The Hall–Kier alpha value is -2.45. The molecule has 2 aromatic heterocycles. The van der Waals surface area contributed by atoms with Crippen molar-refractivity contribution in [3.8, 4) is 0 Å². The first-order valence-electron chi connectivity index (χ1n) is 4.23.